The second kappa shape index (κ2) is 6.15. The lowest BCUT2D eigenvalue weighted by molar-refractivity contribution is -0.145. The van der Waals surface area contributed by atoms with E-state index in [4.69, 9.17) is 4.74 Å². The van der Waals surface area contributed by atoms with Crippen molar-refractivity contribution in [3.8, 4) is 0 Å². The molecule has 1 N–H and O–H groups in total. The van der Waals surface area contributed by atoms with Crippen molar-refractivity contribution in [2.45, 2.75) is 38.0 Å². The van der Waals surface area contributed by atoms with Gasteiger partial charge in [0.1, 0.15) is 0 Å². The Balaban J connectivity index is 2.08. The quantitative estimate of drug-likeness (QED) is 0.799. The Kier molecular flexibility index (Phi) is 4.67. The van der Waals surface area contributed by atoms with Crippen LogP contribution in [0.2, 0.25) is 0 Å². The van der Waals surface area contributed by atoms with Crippen molar-refractivity contribution in [2.75, 3.05) is 7.11 Å². The summed E-state index contributed by atoms with van der Waals surface area (Å²) in [5.74, 6) is -1.01. The molecule has 1 saturated carbocycles. The molecule has 1 aromatic heterocycles. The number of carbonyl (C=O) groups excluding carboxylic acids is 1. The molecule has 0 aromatic carbocycles. The third-order valence-corrected chi connectivity index (χ3v) is 6.06. The minimum Gasteiger partial charge on any atom is -0.469 e. The van der Waals surface area contributed by atoms with Gasteiger partial charge in [0.05, 0.1) is 24.5 Å². The first-order valence-electron chi connectivity index (χ1n) is 6.90. The number of nitrogens with one attached hydrogen (secondary N) is 1. The van der Waals surface area contributed by atoms with Gasteiger partial charge in [-0.3, -0.25) is 9.48 Å². The number of sulfonamides is 1. The van der Waals surface area contributed by atoms with Gasteiger partial charge in [-0.15, -0.1) is 0 Å². The van der Waals surface area contributed by atoms with Crippen LogP contribution in [0.3, 0.4) is 0 Å². The van der Waals surface area contributed by atoms with E-state index in [2.05, 4.69) is 9.82 Å². The molecule has 2 rings (SSSR count). The van der Waals surface area contributed by atoms with Crippen molar-refractivity contribution in [1.82, 2.24) is 14.5 Å². The monoisotopic (exact) mass is 315 g/mol. The molecule has 21 heavy (non-hydrogen) atoms. The molecule has 1 aromatic rings. The van der Waals surface area contributed by atoms with Crippen LogP contribution in [-0.2, 0) is 33.1 Å². The van der Waals surface area contributed by atoms with Crippen LogP contribution in [0.5, 0.6) is 0 Å². The van der Waals surface area contributed by atoms with Gasteiger partial charge in [0.15, 0.2) is 0 Å². The van der Waals surface area contributed by atoms with E-state index in [1.54, 1.807) is 17.9 Å². The molecule has 7 nitrogen and oxygen atoms in total. The normalized spacial score (nSPS) is 22.4. The number of esters is 1. The second-order valence-corrected chi connectivity index (χ2v) is 7.33. The van der Waals surface area contributed by atoms with Crippen LogP contribution in [-0.4, -0.2) is 36.5 Å². The van der Waals surface area contributed by atoms with Gasteiger partial charge in [-0.25, -0.2) is 13.1 Å². The highest BCUT2D eigenvalue weighted by Gasteiger charge is 2.42. The highest BCUT2D eigenvalue weighted by Crippen LogP contribution is 2.31. The maximum absolute atomic E-state index is 12.4. The lowest BCUT2D eigenvalue weighted by Crippen LogP contribution is -2.39. The van der Waals surface area contributed by atoms with Crippen LogP contribution in [0.4, 0.5) is 0 Å². The minimum atomic E-state index is -3.56. The second-order valence-electron chi connectivity index (χ2n) is 5.34. The van der Waals surface area contributed by atoms with Crippen molar-refractivity contribution < 1.29 is 17.9 Å². The fourth-order valence-corrected chi connectivity index (χ4v) is 4.45. The summed E-state index contributed by atoms with van der Waals surface area (Å²) in [6.45, 7) is 2.07. The van der Waals surface area contributed by atoms with Crippen LogP contribution in [0.25, 0.3) is 0 Å². The number of methoxy groups -OCH3 is 1. The van der Waals surface area contributed by atoms with E-state index in [1.165, 1.54) is 7.11 Å². The molecule has 0 saturated heterocycles. The smallest absolute Gasteiger partial charge is 0.310 e. The first-order valence-corrected chi connectivity index (χ1v) is 8.45. The largest absolute Gasteiger partial charge is 0.469 e. The van der Waals surface area contributed by atoms with Gasteiger partial charge in [0.2, 0.25) is 10.0 Å². The Bertz CT molecular complexity index is 623. The average molecular weight is 315 g/mol. The summed E-state index contributed by atoms with van der Waals surface area (Å²) in [4.78, 5) is 11.7. The van der Waals surface area contributed by atoms with E-state index in [0.717, 1.165) is 17.7 Å². The molecule has 1 aliphatic rings. The third-order valence-electron chi connectivity index (χ3n) is 4.16. The first-order chi connectivity index (χ1) is 9.86. The zero-order valence-electron chi connectivity index (χ0n) is 12.5. The highest BCUT2D eigenvalue weighted by molar-refractivity contribution is 7.90. The number of nitrogens with zero attached hydrogens (tertiary/aromatic N) is 2. The molecule has 0 spiro atoms. The van der Waals surface area contributed by atoms with Crippen molar-refractivity contribution in [2.24, 2.45) is 13.0 Å². The predicted molar refractivity (Wildman–Crippen MR) is 76.8 cm³/mol. The van der Waals surface area contributed by atoms with Gasteiger partial charge >= 0.3 is 5.97 Å². The molecule has 1 aliphatic carbocycles. The number of hydrogen-bond donors (Lipinski definition) is 1. The molecule has 1 heterocycles. The van der Waals surface area contributed by atoms with Gasteiger partial charge in [0, 0.05) is 24.8 Å². The van der Waals surface area contributed by atoms with Crippen LogP contribution >= 0.6 is 0 Å². The number of ether oxygens (including phenoxy) is 1. The fourth-order valence-electron chi connectivity index (χ4n) is 2.72. The average Bonchev–Trinajstić information content (AvgIpc) is 3.05. The Morgan fingerprint density at radius 2 is 2.24 bits per heavy atom. The van der Waals surface area contributed by atoms with Crippen molar-refractivity contribution in [3.05, 3.63) is 17.5 Å². The third kappa shape index (κ3) is 3.26. The fraction of sp³-hybridized carbons (Fsp3) is 0.692. The molecule has 0 unspecified atom stereocenters. The summed E-state index contributed by atoms with van der Waals surface area (Å²) in [6, 6.07) is 0. The van der Waals surface area contributed by atoms with Crippen LogP contribution < -0.4 is 4.72 Å². The maximum atomic E-state index is 12.4. The molecular formula is C13H21N3O4S. The topological polar surface area (TPSA) is 90.3 Å². The minimum absolute atomic E-state index is 0.187. The Morgan fingerprint density at radius 3 is 2.81 bits per heavy atom. The lowest BCUT2D eigenvalue weighted by Gasteiger charge is -2.18. The summed E-state index contributed by atoms with van der Waals surface area (Å²) in [6.07, 6.45) is 3.41. The molecule has 118 valence electrons. The van der Waals surface area contributed by atoms with Crippen LogP contribution in [0.1, 0.15) is 30.5 Å². The van der Waals surface area contributed by atoms with Crippen LogP contribution in [0.15, 0.2) is 6.20 Å². The Labute approximate surface area is 124 Å². The zero-order chi connectivity index (χ0) is 15.6. The van der Waals surface area contributed by atoms with E-state index >= 15 is 0 Å². The van der Waals surface area contributed by atoms with Crippen molar-refractivity contribution >= 4 is 16.0 Å². The molecule has 1 fully saturated rings. The van der Waals surface area contributed by atoms with Gasteiger partial charge in [-0.2, -0.15) is 5.10 Å². The molecule has 0 radical (unpaired) electrons. The van der Waals surface area contributed by atoms with Gasteiger partial charge in [0.25, 0.3) is 0 Å². The van der Waals surface area contributed by atoms with Gasteiger partial charge in [-0.1, -0.05) is 6.42 Å². The number of rotatable bonds is 5. The van der Waals surface area contributed by atoms with Crippen molar-refractivity contribution in [1.29, 1.82) is 0 Å². The number of hydrogen-bond acceptors (Lipinski definition) is 5. The molecular weight excluding hydrogens is 294 g/mol. The van der Waals surface area contributed by atoms with Gasteiger partial charge in [-0.05, 0) is 19.8 Å². The van der Waals surface area contributed by atoms with E-state index in [0.29, 0.717) is 12.8 Å². The molecule has 8 heteroatoms. The highest BCUT2D eigenvalue weighted by atomic mass is 32.2. The molecule has 0 aliphatic heterocycles. The van der Waals surface area contributed by atoms with E-state index in [9.17, 15) is 13.2 Å². The summed E-state index contributed by atoms with van der Waals surface area (Å²) in [5, 5.41) is 3.37. The summed E-state index contributed by atoms with van der Waals surface area (Å²) < 4.78 is 33.8. The molecule has 0 amide bonds. The first kappa shape index (κ1) is 16.0. The van der Waals surface area contributed by atoms with Crippen molar-refractivity contribution in [3.63, 3.8) is 0 Å². The number of carbonyl (C=O) groups is 1. The Hall–Kier alpha value is -1.41. The number of aryl methyl sites for hydroxylation is 1. The van der Waals surface area contributed by atoms with Gasteiger partial charge < -0.3 is 4.74 Å². The lowest BCUT2D eigenvalue weighted by atomic mass is 10.1. The van der Waals surface area contributed by atoms with E-state index in [-0.39, 0.29) is 6.54 Å². The van der Waals surface area contributed by atoms with E-state index in [1.807, 2.05) is 6.92 Å². The zero-order valence-corrected chi connectivity index (χ0v) is 13.3. The maximum Gasteiger partial charge on any atom is 0.310 e. The molecule has 2 atom stereocenters. The van der Waals surface area contributed by atoms with E-state index < -0.39 is 27.2 Å². The summed E-state index contributed by atoms with van der Waals surface area (Å²) in [5.41, 5.74) is 1.74. The summed E-state index contributed by atoms with van der Waals surface area (Å²) in [7, 11) is -0.466. The predicted octanol–water partition coefficient (Wildman–Crippen LogP) is 0.490. The Morgan fingerprint density at radius 1 is 1.52 bits per heavy atom. The summed E-state index contributed by atoms with van der Waals surface area (Å²) >= 11 is 0. The molecule has 0 bridgehead atoms. The SMILES string of the molecule is COC(=O)[C@H]1CCC[C@@H]1S(=O)(=O)NCc1cnn(C)c1C. The number of aromatic nitrogens is 2. The standard InChI is InChI=1S/C13H21N3O4S/c1-9-10(7-14-16(9)2)8-15-21(18,19)12-6-4-5-11(12)13(17)20-3/h7,11-12,15H,4-6,8H2,1-3H3/t11-,12-/m0/s1. The van der Waals surface area contributed by atoms with Crippen LogP contribution in [0, 0.1) is 12.8 Å².